The van der Waals surface area contributed by atoms with Gasteiger partial charge in [0.2, 0.25) is 5.78 Å². The summed E-state index contributed by atoms with van der Waals surface area (Å²) < 4.78 is 7.58. The van der Waals surface area contributed by atoms with Gasteiger partial charge in [-0.15, -0.1) is 0 Å². The van der Waals surface area contributed by atoms with Gasteiger partial charge in [-0.2, -0.15) is 5.26 Å². The molecule has 0 radical (unpaired) electrons. The molecule has 3 aromatic rings. The quantitative estimate of drug-likeness (QED) is 0.621. The zero-order valence-corrected chi connectivity index (χ0v) is 17.4. The molecule has 0 spiro atoms. The summed E-state index contributed by atoms with van der Waals surface area (Å²) in [5.41, 5.74) is 2.34. The van der Waals surface area contributed by atoms with Crippen LogP contribution in [0.15, 0.2) is 48.5 Å². The Kier molecular flexibility index (Phi) is 5.54. The van der Waals surface area contributed by atoms with Crippen LogP contribution in [0.1, 0.15) is 46.3 Å². The maximum atomic E-state index is 13.2. The van der Waals surface area contributed by atoms with Crippen molar-refractivity contribution in [3.63, 3.8) is 0 Å². The molecule has 0 saturated heterocycles. The number of fused-ring (bicyclic) bond motifs is 1. The van der Waals surface area contributed by atoms with Crippen molar-refractivity contribution in [3.8, 4) is 11.8 Å². The molecule has 4 rings (SSSR count). The number of nitrogens with one attached hydrogen (secondary N) is 1. The average molecular weight is 414 g/mol. The molecule has 31 heavy (non-hydrogen) atoms. The molecule has 2 heterocycles. The molecule has 1 aromatic heterocycles. The number of nitriles is 1. The maximum absolute atomic E-state index is 13.2. The fraction of sp³-hybridized carbons (Fsp3) is 0.250. The van der Waals surface area contributed by atoms with E-state index >= 15 is 0 Å². The van der Waals surface area contributed by atoms with E-state index in [4.69, 9.17) is 4.74 Å². The number of benzene rings is 2. The normalized spacial score (nSPS) is 13.2. The Labute approximate surface area is 180 Å². The zero-order chi connectivity index (χ0) is 22.0. The van der Waals surface area contributed by atoms with Gasteiger partial charge in [-0.3, -0.25) is 9.59 Å². The molecule has 2 aromatic carbocycles. The van der Waals surface area contributed by atoms with Gasteiger partial charge in [0, 0.05) is 18.5 Å². The molecular formula is C24H22N4O3. The van der Waals surface area contributed by atoms with E-state index in [0.29, 0.717) is 29.1 Å². The van der Waals surface area contributed by atoms with Crippen molar-refractivity contribution in [3.05, 3.63) is 76.7 Å². The molecule has 0 fully saturated rings. The van der Waals surface area contributed by atoms with Crippen molar-refractivity contribution in [2.24, 2.45) is 0 Å². The molecule has 0 saturated carbocycles. The highest BCUT2D eigenvalue weighted by Gasteiger charge is 2.29. The number of nitrogens with zero attached hydrogens (tertiary/aromatic N) is 3. The molecule has 7 heteroatoms. The van der Waals surface area contributed by atoms with Crippen LogP contribution in [-0.2, 0) is 17.8 Å². The number of hydrogen-bond donors (Lipinski definition) is 1. The molecule has 1 amide bonds. The number of amides is 1. The largest absolute Gasteiger partial charge is 0.480 e. The first-order chi connectivity index (χ1) is 15.0. The monoisotopic (exact) mass is 414 g/mol. The predicted molar refractivity (Wildman–Crippen MR) is 115 cm³/mol. The summed E-state index contributed by atoms with van der Waals surface area (Å²) in [6.07, 6.45) is 0.786. The van der Waals surface area contributed by atoms with Crippen molar-refractivity contribution in [1.82, 2.24) is 9.55 Å². The fourth-order valence-corrected chi connectivity index (χ4v) is 3.61. The molecule has 0 unspecified atom stereocenters. The first-order valence-corrected chi connectivity index (χ1v) is 10.2. The highest BCUT2D eigenvalue weighted by Crippen LogP contribution is 2.27. The first kappa shape index (κ1) is 20.4. The van der Waals surface area contributed by atoms with E-state index in [1.807, 2.05) is 29.7 Å². The summed E-state index contributed by atoms with van der Waals surface area (Å²) in [5, 5.41) is 12.0. The minimum Gasteiger partial charge on any atom is -0.480 e. The van der Waals surface area contributed by atoms with Crippen molar-refractivity contribution in [2.75, 3.05) is 5.32 Å². The third kappa shape index (κ3) is 4.05. The lowest BCUT2D eigenvalue weighted by molar-refractivity contribution is -0.122. The van der Waals surface area contributed by atoms with Gasteiger partial charge in [0.1, 0.15) is 23.3 Å². The van der Waals surface area contributed by atoms with Gasteiger partial charge >= 0.3 is 0 Å². The SMILES string of the molecule is Cc1ccc(C(=O)c2c(NC(=O)[C@@H](C)Oc3ccccc3C#N)nc3n2CCC3)cc1. The molecule has 1 atom stereocenters. The number of para-hydroxylation sites is 1. The second kappa shape index (κ2) is 8.44. The molecule has 7 nitrogen and oxygen atoms in total. The van der Waals surface area contributed by atoms with Crippen LogP contribution >= 0.6 is 0 Å². The van der Waals surface area contributed by atoms with Gasteiger partial charge in [-0.1, -0.05) is 42.0 Å². The number of hydrogen-bond acceptors (Lipinski definition) is 5. The van der Waals surface area contributed by atoms with Crippen molar-refractivity contribution < 1.29 is 14.3 Å². The fourth-order valence-electron chi connectivity index (χ4n) is 3.61. The summed E-state index contributed by atoms with van der Waals surface area (Å²) in [7, 11) is 0. The maximum Gasteiger partial charge on any atom is 0.266 e. The molecule has 156 valence electrons. The van der Waals surface area contributed by atoms with E-state index in [-0.39, 0.29) is 11.6 Å². The second-order valence-electron chi connectivity index (χ2n) is 7.53. The number of carbonyl (C=O) groups is 2. The van der Waals surface area contributed by atoms with E-state index < -0.39 is 12.0 Å². The Bertz CT molecular complexity index is 1190. The van der Waals surface area contributed by atoms with E-state index in [0.717, 1.165) is 24.2 Å². The molecule has 0 bridgehead atoms. The summed E-state index contributed by atoms with van der Waals surface area (Å²) in [6.45, 7) is 4.24. The molecule has 1 N–H and O–H groups in total. The Balaban J connectivity index is 1.58. The Morgan fingerprint density at radius 2 is 1.94 bits per heavy atom. The van der Waals surface area contributed by atoms with Gasteiger partial charge in [0.05, 0.1) is 5.56 Å². The van der Waals surface area contributed by atoms with Crippen molar-refractivity contribution in [1.29, 1.82) is 5.26 Å². The van der Waals surface area contributed by atoms with Crippen LogP contribution < -0.4 is 10.1 Å². The van der Waals surface area contributed by atoms with Gasteiger partial charge in [-0.05, 0) is 32.4 Å². The van der Waals surface area contributed by atoms with Crippen molar-refractivity contribution >= 4 is 17.5 Å². The lowest BCUT2D eigenvalue weighted by atomic mass is 10.1. The summed E-state index contributed by atoms with van der Waals surface area (Å²) in [5.74, 6) is 0.737. The lowest BCUT2D eigenvalue weighted by Crippen LogP contribution is -2.31. The van der Waals surface area contributed by atoms with E-state index in [9.17, 15) is 14.9 Å². The molecule has 1 aliphatic rings. The Morgan fingerprint density at radius 1 is 1.19 bits per heavy atom. The molecule has 0 aliphatic carbocycles. The van der Waals surface area contributed by atoms with Crippen LogP contribution in [0, 0.1) is 18.3 Å². The standard InChI is InChI=1S/C24H22N4O3/c1-15-9-11-17(12-10-15)22(29)21-23(26-20-8-5-13-28(20)21)27-24(30)16(2)31-19-7-4-3-6-18(19)14-25/h3-4,6-7,9-12,16H,5,8,13H2,1-2H3,(H,27,30)/t16-/m1/s1. The summed E-state index contributed by atoms with van der Waals surface area (Å²) in [4.78, 5) is 30.6. The average Bonchev–Trinajstić information content (AvgIpc) is 3.35. The lowest BCUT2D eigenvalue weighted by Gasteiger charge is -2.15. The van der Waals surface area contributed by atoms with Crippen LogP contribution in [0.5, 0.6) is 5.75 Å². The number of imidazole rings is 1. The van der Waals surface area contributed by atoms with Crippen LogP contribution in [0.2, 0.25) is 0 Å². The van der Waals surface area contributed by atoms with E-state index in [1.165, 1.54) is 0 Å². The summed E-state index contributed by atoms with van der Waals surface area (Å²) in [6, 6.07) is 16.1. The van der Waals surface area contributed by atoms with Gasteiger partial charge < -0.3 is 14.6 Å². The Morgan fingerprint density at radius 3 is 2.68 bits per heavy atom. The van der Waals surface area contributed by atoms with Crippen LogP contribution in [0.25, 0.3) is 0 Å². The number of ketones is 1. The van der Waals surface area contributed by atoms with Crippen molar-refractivity contribution in [2.45, 2.75) is 39.3 Å². The smallest absolute Gasteiger partial charge is 0.266 e. The molecule has 1 aliphatic heterocycles. The minimum absolute atomic E-state index is 0.181. The third-order valence-corrected chi connectivity index (χ3v) is 5.28. The third-order valence-electron chi connectivity index (χ3n) is 5.28. The zero-order valence-electron chi connectivity index (χ0n) is 17.4. The number of anilines is 1. The Hall–Kier alpha value is -3.92. The number of aryl methyl sites for hydroxylation is 2. The van der Waals surface area contributed by atoms with Crippen LogP contribution in [0.3, 0.4) is 0 Å². The minimum atomic E-state index is -0.881. The van der Waals surface area contributed by atoms with Gasteiger partial charge in [-0.25, -0.2) is 4.98 Å². The summed E-state index contributed by atoms with van der Waals surface area (Å²) >= 11 is 0. The predicted octanol–water partition coefficient (Wildman–Crippen LogP) is 3.65. The van der Waals surface area contributed by atoms with Crippen LogP contribution in [-0.4, -0.2) is 27.3 Å². The number of carbonyl (C=O) groups excluding carboxylic acids is 2. The van der Waals surface area contributed by atoms with E-state index in [1.54, 1.807) is 43.3 Å². The van der Waals surface area contributed by atoms with Crippen LogP contribution in [0.4, 0.5) is 5.82 Å². The molecular weight excluding hydrogens is 392 g/mol. The first-order valence-electron chi connectivity index (χ1n) is 10.2. The van der Waals surface area contributed by atoms with Gasteiger partial charge in [0.15, 0.2) is 11.9 Å². The number of ether oxygens (including phenoxy) is 1. The topological polar surface area (TPSA) is 97.0 Å². The second-order valence-corrected chi connectivity index (χ2v) is 7.53. The highest BCUT2D eigenvalue weighted by atomic mass is 16.5. The van der Waals surface area contributed by atoms with Gasteiger partial charge in [0.25, 0.3) is 5.91 Å². The number of rotatable bonds is 6. The highest BCUT2D eigenvalue weighted by molar-refractivity contribution is 6.12. The van der Waals surface area contributed by atoms with E-state index in [2.05, 4.69) is 10.3 Å². The number of aromatic nitrogens is 2.